The number of carbonyl (C=O) groups is 1. The predicted molar refractivity (Wildman–Crippen MR) is 103 cm³/mol. The van der Waals surface area contributed by atoms with Crippen LogP contribution in [0.2, 0.25) is 5.02 Å². The molecule has 0 aliphatic rings. The van der Waals surface area contributed by atoms with Gasteiger partial charge in [-0.2, -0.15) is 4.98 Å². The smallest absolute Gasteiger partial charge is 0.309 e. The molecule has 0 bridgehead atoms. The molecule has 5 nitrogen and oxygen atoms in total. The van der Waals surface area contributed by atoms with Gasteiger partial charge in [-0.25, -0.2) is 9.18 Å². The number of nitrogens with zero attached hydrogens (tertiary/aromatic N) is 3. The van der Waals surface area contributed by atoms with Gasteiger partial charge in [0.2, 0.25) is 0 Å². The van der Waals surface area contributed by atoms with Gasteiger partial charge in [-0.1, -0.05) is 23.7 Å². The number of carbonyl (C=O) groups excluding carboxylic acids is 1. The van der Waals surface area contributed by atoms with E-state index in [4.69, 9.17) is 11.6 Å². The van der Waals surface area contributed by atoms with Gasteiger partial charge in [-0.05, 0) is 50.2 Å². The fourth-order valence-corrected chi connectivity index (χ4v) is 3.09. The summed E-state index contributed by atoms with van der Waals surface area (Å²) < 4.78 is 15.3. The zero-order valence-corrected chi connectivity index (χ0v) is 15.8. The van der Waals surface area contributed by atoms with Gasteiger partial charge in [0.1, 0.15) is 5.82 Å². The van der Waals surface area contributed by atoms with E-state index in [1.165, 1.54) is 46.8 Å². The van der Waals surface area contributed by atoms with E-state index in [0.717, 1.165) is 0 Å². The Kier molecular flexibility index (Phi) is 5.10. The molecule has 2 aromatic carbocycles. The molecule has 7 heteroatoms. The molecule has 0 saturated heterocycles. The summed E-state index contributed by atoms with van der Waals surface area (Å²) in [5.41, 5.74) is 1.52. The molecular formula is C20H17ClFN3O2. The summed E-state index contributed by atoms with van der Waals surface area (Å²) in [5.74, 6) is -0.930. The molecule has 0 spiro atoms. The summed E-state index contributed by atoms with van der Waals surface area (Å²) >= 11 is 6.27. The highest BCUT2D eigenvalue weighted by molar-refractivity contribution is 6.32. The van der Waals surface area contributed by atoms with Crippen LogP contribution in [0, 0.1) is 19.7 Å². The molecule has 1 amide bonds. The van der Waals surface area contributed by atoms with Crippen molar-refractivity contribution in [3.8, 4) is 5.69 Å². The third kappa shape index (κ3) is 3.61. The Morgan fingerprint density at radius 1 is 1.15 bits per heavy atom. The number of hydrogen-bond acceptors (Lipinski definition) is 3. The molecule has 1 aromatic heterocycles. The molecule has 0 aliphatic heterocycles. The fourth-order valence-electron chi connectivity index (χ4n) is 2.89. The van der Waals surface area contributed by atoms with Crippen LogP contribution in [0.15, 0.2) is 53.3 Å². The molecule has 0 unspecified atom stereocenters. The number of para-hydroxylation sites is 1. The van der Waals surface area contributed by atoms with E-state index < -0.39 is 17.4 Å². The van der Waals surface area contributed by atoms with Crippen molar-refractivity contribution in [1.82, 2.24) is 9.55 Å². The number of benzene rings is 2. The van der Waals surface area contributed by atoms with Crippen molar-refractivity contribution in [1.29, 1.82) is 0 Å². The predicted octanol–water partition coefficient (Wildman–Crippen LogP) is 3.92. The molecule has 0 aliphatic carbocycles. The second-order valence-electron chi connectivity index (χ2n) is 6.14. The molecule has 1 heterocycles. The Morgan fingerprint density at radius 3 is 2.52 bits per heavy atom. The second-order valence-corrected chi connectivity index (χ2v) is 6.55. The van der Waals surface area contributed by atoms with Crippen LogP contribution < -0.4 is 10.6 Å². The lowest BCUT2D eigenvalue weighted by Gasteiger charge is -2.19. The van der Waals surface area contributed by atoms with Gasteiger partial charge >= 0.3 is 5.69 Å². The molecular weight excluding hydrogens is 369 g/mol. The summed E-state index contributed by atoms with van der Waals surface area (Å²) in [6.45, 7) is 3.48. The first-order chi connectivity index (χ1) is 12.8. The topological polar surface area (TPSA) is 55.2 Å². The first-order valence-electron chi connectivity index (χ1n) is 8.19. The molecule has 27 heavy (non-hydrogen) atoms. The van der Waals surface area contributed by atoms with Crippen LogP contribution in [0.5, 0.6) is 0 Å². The average Bonchev–Trinajstić information content (AvgIpc) is 2.61. The van der Waals surface area contributed by atoms with Crippen molar-refractivity contribution in [2.75, 3.05) is 11.9 Å². The van der Waals surface area contributed by atoms with Gasteiger partial charge in [-0.3, -0.25) is 9.36 Å². The summed E-state index contributed by atoms with van der Waals surface area (Å²) in [6.07, 6.45) is 0. The van der Waals surface area contributed by atoms with E-state index in [1.807, 2.05) is 0 Å². The van der Waals surface area contributed by atoms with Crippen LogP contribution in [0.4, 0.5) is 10.1 Å². The van der Waals surface area contributed by atoms with Crippen molar-refractivity contribution in [2.45, 2.75) is 13.8 Å². The average molecular weight is 386 g/mol. The molecule has 0 N–H and O–H groups in total. The Balaban J connectivity index is 2.08. The zero-order chi connectivity index (χ0) is 19.7. The number of amides is 1. The normalized spacial score (nSPS) is 10.7. The van der Waals surface area contributed by atoms with Crippen LogP contribution in [0.1, 0.15) is 21.7 Å². The van der Waals surface area contributed by atoms with Gasteiger partial charge in [0.15, 0.2) is 0 Å². The molecule has 3 aromatic rings. The van der Waals surface area contributed by atoms with E-state index in [1.54, 1.807) is 32.0 Å². The maximum absolute atomic E-state index is 14.0. The lowest BCUT2D eigenvalue weighted by atomic mass is 10.1. The number of aryl methyl sites for hydroxylation is 2. The lowest BCUT2D eigenvalue weighted by molar-refractivity contribution is 0.0992. The summed E-state index contributed by atoms with van der Waals surface area (Å²) in [5, 5.41) is 0.302. The number of halogens is 2. The summed E-state index contributed by atoms with van der Waals surface area (Å²) in [4.78, 5) is 30.3. The van der Waals surface area contributed by atoms with E-state index in [0.29, 0.717) is 22.1 Å². The van der Waals surface area contributed by atoms with Crippen LogP contribution in [-0.2, 0) is 0 Å². The monoisotopic (exact) mass is 385 g/mol. The van der Waals surface area contributed by atoms with Crippen LogP contribution in [0.25, 0.3) is 5.69 Å². The highest BCUT2D eigenvalue weighted by Gasteiger charge is 2.19. The standard InChI is InChI=1S/C20H17ClFN3O2/c1-12-10-13(2)25(20(27)23-12)18-11-14(8-9-15(18)21)19(26)24(3)17-7-5-4-6-16(17)22/h4-11H,1-3H3. The van der Waals surface area contributed by atoms with Gasteiger partial charge in [0.05, 0.1) is 16.4 Å². The van der Waals surface area contributed by atoms with Crippen LogP contribution in [-0.4, -0.2) is 22.5 Å². The Hall–Kier alpha value is -2.99. The third-order valence-corrected chi connectivity index (χ3v) is 4.51. The highest BCUT2D eigenvalue weighted by atomic mass is 35.5. The van der Waals surface area contributed by atoms with Crippen molar-refractivity contribution in [3.05, 3.63) is 86.8 Å². The first kappa shape index (κ1) is 18.8. The second kappa shape index (κ2) is 7.32. The van der Waals surface area contributed by atoms with E-state index in [9.17, 15) is 14.0 Å². The van der Waals surface area contributed by atoms with E-state index >= 15 is 0 Å². The minimum absolute atomic E-state index is 0.157. The molecule has 3 rings (SSSR count). The quantitative estimate of drug-likeness (QED) is 0.686. The van der Waals surface area contributed by atoms with Gasteiger partial charge in [0, 0.05) is 24.0 Å². The number of aromatic nitrogens is 2. The van der Waals surface area contributed by atoms with Crippen molar-refractivity contribution in [2.24, 2.45) is 0 Å². The highest BCUT2D eigenvalue weighted by Crippen LogP contribution is 2.25. The van der Waals surface area contributed by atoms with E-state index in [-0.39, 0.29) is 11.3 Å². The van der Waals surface area contributed by atoms with E-state index in [2.05, 4.69) is 4.98 Å². The summed E-state index contributed by atoms with van der Waals surface area (Å²) in [7, 11) is 1.49. The molecule has 0 fully saturated rings. The molecule has 0 saturated carbocycles. The zero-order valence-electron chi connectivity index (χ0n) is 15.0. The SMILES string of the molecule is Cc1cc(C)n(-c2cc(C(=O)N(C)c3ccccc3F)ccc2Cl)c(=O)n1. The number of anilines is 1. The van der Waals surface area contributed by atoms with Crippen molar-refractivity contribution in [3.63, 3.8) is 0 Å². The van der Waals surface area contributed by atoms with Gasteiger partial charge < -0.3 is 4.90 Å². The third-order valence-electron chi connectivity index (χ3n) is 4.19. The molecule has 138 valence electrons. The fraction of sp³-hybridized carbons (Fsp3) is 0.150. The minimum atomic E-state index is -0.502. The number of rotatable bonds is 3. The van der Waals surface area contributed by atoms with Crippen molar-refractivity contribution >= 4 is 23.2 Å². The van der Waals surface area contributed by atoms with Crippen LogP contribution in [0.3, 0.4) is 0 Å². The minimum Gasteiger partial charge on any atom is -0.309 e. The maximum Gasteiger partial charge on any atom is 0.352 e. The summed E-state index contributed by atoms with van der Waals surface area (Å²) in [6, 6.07) is 12.3. The lowest BCUT2D eigenvalue weighted by Crippen LogP contribution is -2.28. The first-order valence-corrected chi connectivity index (χ1v) is 8.57. The molecule has 0 radical (unpaired) electrons. The number of hydrogen-bond donors (Lipinski definition) is 0. The van der Waals surface area contributed by atoms with Gasteiger partial charge in [-0.15, -0.1) is 0 Å². The Bertz CT molecular complexity index is 1090. The van der Waals surface area contributed by atoms with Crippen LogP contribution >= 0.6 is 11.6 Å². The Morgan fingerprint density at radius 2 is 1.85 bits per heavy atom. The van der Waals surface area contributed by atoms with Crippen molar-refractivity contribution < 1.29 is 9.18 Å². The van der Waals surface area contributed by atoms with Gasteiger partial charge in [0.25, 0.3) is 5.91 Å². The largest absolute Gasteiger partial charge is 0.352 e. The Labute approximate surface area is 160 Å². The maximum atomic E-state index is 14.0. The molecule has 0 atom stereocenters.